The van der Waals surface area contributed by atoms with Crippen LogP contribution in [0.5, 0.6) is 0 Å². The summed E-state index contributed by atoms with van der Waals surface area (Å²) in [6, 6.07) is 0. The molecule has 162 valence electrons. The lowest BCUT2D eigenvalue weighted by molar-refractivity contribution is -0.155. The summed E-state index contributed by atoms with van der Waals surface area (Å²) in [4.78, 5) is 11.9. The summed E-state index contributed by atoms with van der Waals surface area (Å²) in [6.07, 6.45) is 16.4. The number of aliphatic hydroxyl groups is 2. The Morgan fingerprint density at radius 1 is 0.815 bits per heavy atom. The molecule has 0 aliphatic heterocycles. The second-order valence-electron chi connectivity index (χ2n) is 8.41. The van der Waals surface area contributed by atoms with Gasteiger partial charge in [0.15, 0.2) is 0 Å². The minimum Gasteiger partial charge on any atom is -0.465 e. The van der Waals surface area contributed by atoms with Crippen LogP contribution in [-0.2, 0) is 9.53 Å². The van der Waals surface area contributed by atoms with Crippen molar-refractivity contribution in [3.8, 4) is 0 Å². The molecule has 4 heteroatoms. The smallest absolute Gasteiger partial charge is 0.313 e. The molecule has 0 aliphatic rings. The van der Waals surface area contributed by atoms with Crippen molar-refractivity contribution in [1.82, 2.24) is 0 Å². The van der Waals surface area contributed by atoms with E-state index in [1.165, 1.54) is 70.6 Å². The molecule has 0 saturated carbocycles. The number of hydrogen-bond donors (Lipinski definition) is 2. The molecular formula is C23H46O4. The van der Waals surface area contributed by atoms with Crippen LogP contribution in [0.1, 0.15) is 111 Å². The lowest BCUT2D eigenvalue weighted by Crippen LogP contribution is -2.33. The average Bonchev–Trinajstić information content (AvgIpc) is 2.64. The van der Waals surface area contributed by atoms with E-state index in [2.05, 4.69) is 6.92 Å². The van der Waals surface area contributed by atoms with Gasteiger partial charge in [-0.1, -0.05) is 104 Å². The van der Waals surface area contributed by atoms with Crippen LogP contribution in [-0.4, -0.2) is 35.5 Å². The summed E-state index contributed by atoms with van der Waals surface area (Å²) in [5, 5.41) is 19.5. The van der Waals surface area contributed by atoms with Crippen molar-refractivity contribution >= 4 is 5.97 Å². The Hall–Kier alpha value is -0.610. The van der Waals surface area contributed by atoms with E-state index in [-0.39, 0.29) is 12.5 Å². The van der Waals surface area contributed by atoms with Crippen LogP contribution in [0.15, 0.2) is 0 Å². The van der Waals surface area contributed by atoms with Crippen molar-refractivity contribution in [1.29, 1.82) is 0 Å². The minimum atomic E-state index is -0.805. The van der Waals surface area contributed by atoms with Crippen LogP contribution in [0.4, 0.5) is 0 Å². The second-order valence-corrected chi connectivity index (χ2v) is 8.41. The van der Waals surface area contributed by atoms with Gasteiger partial charge in [-0.15, -0.1) is 0 Å². The van der Waals surface area contributed by atoms with Gasteiger partial charge in [-0.25, -0.2) is 0 Å². The molecule has 0 aromatic carbocycles. The van der Waals surface area contributed by atoms with Crippen molar-refractivity contribution in [2.45, 2.75) is 117 Å². The van der Waals surface area contributed by atoms with Crippen molar-refractivity contribution in [3.05, 3.63) is 0 Å². The molecule has 4 nitrogen and oxygen atoms in total. The van der Waals surface area contributed by atoms with Gasteiger partial charge in [-0.3, -0.25) is 4.79 Å². The van der Waals surface area contributed by atoms with Gasteiger partial charge in [0.2, 0.25) is 0 Å². The zero-order chi connectivity index (χ0) is 20.3. The van der Waals surface area contributed by atoms with Gasteiger partial charge in [0.05, 0.1) is 19.3 Å². The fourth-order valence-electron chi connectivity index (χ4n) is 3.28. The maximum atomic E-state index is 11.9. The van der Waals surface area contributed by atoms with Crippen LogP contribution in [0.2, 0.25) is 0 Å². The lowest BCUT2D eigenvalue weighted by Gasteiger charge is -2.20. The highest BCUT2D eigenvalue weighted by Gasteiger charge is 2.27. The van der Waals surface area contributed by atoms with Crippen LogP contribution in [0, 0.1) is 11.8 Å². The highest BCUT2D eigenvalue weighted by molar-refractivity contribution is 5.73. The molecule has 0 bridgehead atoms. The Kier molecular flexibility index (Phi) is 18.3. The summed E-state index contributed by atoms with van der Waals surface area (Å²) >= 11 is 0. The maximum Gasteiger partial charge on any atom is 0.313 e. The average molecular weight is 387 g/mol. The zero-order valence-electron chi connectivity index (χ0n) is 18.3. The van der Waals surface area contributed by atoms with Gasteiger partial charge in [0.25, 0.3) is 0 Å². The number of ether oxygens (including phenoxy) is 1. The predicted molar refractivity (Wildman–Crippen MR) is 113 cm³/mol. The predicted octanol–water partition coefficient (Wildman–Crippen LogP) is 5.64. The molecule has 0 radical (unpaired) electrons. The first kappa shape index (κ1) is 26.4. The first-order chi connectivity index (χ1) is 13.0. The van der Waals surface area contributed by atoms with E-state index >= 15 is 0 Å². The monoisotopic (exact) mass is 386 g/mol. The highest BCUT2D eigenvalue weighted by atomic mass is 16.5. The lowest BCUT2D eigenvalue weighted by atomic mass is 9.97. The van der Waals surface area contributed by atoms with Crippen LogP contribution < -0.4 is 0 Å². The van der Waals surface area contributed by atoms with Gasteiger partial charge < -0.3 is 14.9 Å². The normalized spacial score (nSPS) is 13.7. The molecule has 2 N–H and O–H groups in total. The molecule has 2 atom stereocenters. The Labute approximate surface area is 168 Å². The van der Waals surface area contributed by atoms with Crippen LogP contribution >= 0.6 is 0 Å². The van der Waals surface area contributed by atoms with Gasteiger partial charge in [-0.05, 0) is 12.3 Å². The fraction of sp³-hybridized carbons (Fsp3) is 0.957. The van der Waals surface area contributed by atoms with E-state index in [1.54, 1.807) is 0 Å². The first-order valence-electron chi connectivity index (χ1n) is 11.5. The van der Waals surface area contributed by atoms with Crippen molar-refractivity contribution in [3.63, 3.8) is 0 Å². The number of unbranched alkanes of at least 4 members (excludes halogenated alkanes) is 12. The van der Waals surface area contributed by atoms with E-state index in [1.807, 2.05) is 13.8 Å². The van der Waals surface area contributed by atoms with Crippen LogP contribution in [0.3, 0.4) is 0 Å². The summed E-state index contributed by atoms with van der Waals surface area (Å²) in [7, 11) is 0. The molecule has 0 rings (SSSR count). The molecular weight excluding hydrogens is 340 g/mol. The number of esters is 1. The topological polar surface area (TPSA) is 66.8 Å². The molecule has 0 aromatic rings. The van der Waals surface area contributed by atoms with E-state index in [4.69, 9.17) is 4.74 Å². The third-order valence-electron chi connectivity index (χ3n) is 5.13. The molecule has 0 aromatic heterocycles. The van der Waals surface area contributed by atoms with Gasteiger partial charge in [0, 0.05) is 0 Å². The van der Waals surface area contributed by atoms with Gasteiger partial charge >= 0.3 is 5.97 Å². The summed E-state index contributed by atoms with van der Waals surface area (Å²) in [5.41, 5.74) is 0. The van der Waals surface area contributed by atoms with Gasteiger partial charge in [-0.2, -0.15) is 0 Å². The van der Waals surface area contributed by atoms with Crippen LogP contribution in [0.25, 0.3) is 0 Å². The Balaban J connectivity index is 3.55. The van der Waals surface area contributed by atoms with E-state index in [0.717, 1.165) is 12.8 Å². The Bertz CT molecular complexity index is 330. The molecule has 0 heterocycles. The third-order valence-corrected chi connectivity index (χ3v) is 5.13. The second kappa shape index (κ2) is 18.7. The molecule has 0 amide bonds. The Morgan fingerprint density at radius 3 is 1.67 bits per heavy atom. The SMILES string of the molecule is CCCCCCCCCCCCCCCC(O)C(CO)C(=O)OCC(C)C. The van der Waals surface area contributed by atoms with E-state index in [9.17, 15) is 15.0 Å². The number of aliphatic hydroxyl groups excluding tert-OH is 2. The number of hydrogen-bond acceptors (Lipinski definition) is 4. The fourth-order valence-corrected chi connectivity index (χ4v) is 3.28. The number of rotatable bonds is 19. The molecule has 27 heavy (non-hydrogen) atoms. The summed E-state index contributed by atoms with van der Waals surface area (Å²) < 4.78 is 5.14. The van der Waals surface area contributed by atoms with Crippen molar-refractivity contribution in [2.24, 2.45) is 11.8 Å². The number of carbonyl (C=O) groups excluding carboxylic acids is 1. The van der Waals surface area contributed by atoms with Crippen molar-refractivity contribution in [2.75, 3.05) is 13.2 Å². The highest BCUT2D eigenvalue weighted by Crippen LogP contribution is 2.16. The third kappa shape index (κ3) is 16.1. The largest absolute Gasteiger partial charge is 0.465 e. The molecule has 0 fully saturated rings. The molecule has 0 aliphatic carbocycles. The maximum absolute atomic E-state index is 11.9. The standard InChI is InChI=1S/C23H46O4/c1-4-5-6-7-8-9-10-11-12-13-14-15-16-17-22(25)21(18-24)23(26)27-19-20(2)3/h20-22,24-25H,4-19H2,1-3H3. The molecule has 0 spiro atoms. The first-order valence-corrected chi connectivity index (χ1v) is 11.5. The quantitative estimate of drug-likeness (QED) is 0.223. The zero-order valence-corrected chi connectivity index (χ0v) is 18.3. The van der Waals surface area contributed by atoms with Gasteiger partial charge in [0.1, 0.15) is 5.92 Å². The van der Waals surface area contributed by atoms with E-state index in [0.29, 0.717) is 13.0 Å². The van der Waals surface area contributed by atoms with Crippen molar-refractivity contribution < 1.29 is 19.7 Å². The molecule has 0 saturated heterocycles. The minimum absolute atomic E-state index is 0.256. The summed E-state index contributed by atoms with van der Waals surface area (Å²) in [5.74, 6) is -1.03. The number of carbonyl (C=O) groups is 1. The molecule has 2 unspecified atom stereocenters. The Morgan fingerprint density at radius 2 is 1.26 bits per heavy atom. The summed E-state index contributed by atoms with van der Waals surface area (Å²) in [6.45, 7) is 6.17. The van der Waals surface area contributed by atoms with E-state index < -0.39 is 18.0 Å².